The molecule has 1 aliphatic carbocycles. The summed E-state index contributed by atoms with van der Waals surface area (Å²) in [6.45, 7) is 1.96. The molecule has 0 unspecified atom stereocenters. The van der Waals surface area contributed by atoms with Gasteiger partial charge >= 0.3 is 6.18 Å². The average Bonchev–Trinajstić information content (AvgIpc) is 3.25. The lowest BCUT2D eigenvalue weighted by Crippen LogP contribution is -2.03. The molecule has 4 rings (SSSR count). The van der Waals surface area contributed by atoms with Crippen LogP contribution in [0.4, 0.5) is 13.2 Å². The average molecular weight is 406 g/mol. The Morgan fingerprint density at radius 2 is 1.78 bits per heavy atom. The maximum atomic E-state index is 12.7. The maximum absolute atomic E-state index is 12.7. The highest BCUT2D eigenvalue weighted by Gasteiger charge is 2.30. The number of hydrogen-bond acceptors (Lipinski definition) is 3. The van der Waals surface area contributed by atoms with Gasteiger partial charge in [0.2, 0.25) is 0 Å². The number of benzene rings is 2. The van der Waals surface area contributed by atoms with Crippen molar-refractivity contribution in [3.05, 3.63) is 69.7 Å². The normalized spacial score (nSPS) is 13.8. The Kier molecular flexibility index (Phi) is 5.03. The van der Waals surface area contributed by atoms with Gasteiger partial charge in [0.25, 0.3) is 0 Å². The lowest BCUT2D eigenvalue weighted by atomic mass is 10.1. The Morgan fingerprint density at radius 3 is 2.52 bits per heavy atom. The smallest absolute Gasteiger partial charge is 0.241 e. The van der Waals surface area contributed by atoms with Crippen molar-refractivity contribution in [3.8, 4) is 10.6 Å². The fourth-order valence-electron chi connectivity index (χ4n) is 3.27. The zero-order valence-electron chi connectivity index (χ0n) is 14.8. The first-order chi connectivity index (χ1) is 12.9. The number of thiazole rings is 1. The van der Waals surface area contributed by atoms with Crippen LogP contribution in [0.1, 0.15) is 33.7 Å². The second kappa shape index (κ2) is 7.32. The van der Waals surface area contributed by atoms with E-state index in [9.17, 15) is 13.2 Å². The topological polar surface area (TPSA) is 12.9 Å². The third-order valence-corrected chi connectivity index (χ3v) is 7.20. The summed E-state index contributed by atoms with van der Waals surface area (Å²) in [6, 6.07) is 11.9. The summed E-state index contributed by atoms with van der Waals surface area (Å²) in [5.74, 6) is 0.822. The molecule has 0 aliphatic heterocycles. The van der Waals surface area contributed by atoms with Gasteiger partial charge in [0.1, 0.15) is 5.01 Å². The van der Waals surface area contributed by atoms with Gasteiger partial charge in [-0.2, -0.15) is 13.2 Å². The standard InChI is InChI=1S/C21H18F3NS2/c1-13-19(12-26-18-10-7-14-3-2-4-16(14)11-18)27-20(25-13)15-5-8-17(9-6-15)21(22,23)24/h5-11H,2-4,12H2,1H3. The lowest BCUT2D eigenvalue weighted by Gasteiger charge is -2.06. The van der Waals surface area contributed by atoms with Gasteiger partial charge in [-0.05, 0) is 61.6 Å². The molecular weight excluding hydrogens is 387 g/mol. The van der Waals surface area contributed by atoms with Gasteiger partial charge in [-0.1, -0.05) is 18.2 Å². The highest BCUT2D eigenvalue weighted by atomic mass is 32.2. The van der Waals surface area contributed by atoms with Gasteiger partial charge in [0.15, 0.2) is 0 Å². The van der Waals surface area contributed by atoms with Crippen LogP contribution in [-0.2, 0) is 24.8 Å². The van der Waals surface area contributed by atoms with E-state index in [2.05, 4.69) is 23.2 Å². The van der Waals surface area contributed by atoms with Crippen LogP contribution in [0.2, 0.25) is 0 Å². The number of rotatable bonds is 4. The highest BCUT2D eigenvalue weighted by molar-refractivity contribution is 7.98. The molecule has 1 nitrogen and oxygen atoms in total. The Balaban J connectivity index is 1.48. The van der Waals surface area contributed by atoms with Crippen molar-refractivity contribution < 1.29 is 13.2 Å². The van der Waals surface area contributed by atoms with Crippen LogP contribution in [0.5, 0.6) is 0 Å². The summed E-state index contributed by atoms with van der Waals surface area (Å²) < 4.78 is 38.2. The second-order valence-corrected chi connectivity index (χ2v) is 8.81. The van der Waals surface area contributed by atoms with Crippen molar-refractivity contribution in [1.82, 2.24) is 4.98 Å². The van der Waals surface area contributed by atoms with E-state index >= 15 is 0 Å². The summed E-state index contributed by atoms with van der Waals surface area (Å²) in [5, 5.41) is 0.769. The molecule has 0 saturated carbocycles. The first kappa shape index (κ1) is 18.6. The molecule has 0 N–H and O–H groups in total. The van der Waals surface area contributed by atoms with Crippen molar-refractivity contribution in [3.63, 3.8) is 0 Å². The first-order valence-electron chi connectivity index (χ1n) is 8.79. The zero-order valence-corrected chi connectivity index (χ0v) is 16.4. The van der Waals surface area contributed by atoms with Gasteiger partial charge in [-0.3, -0.25) is 0 Å². The van der Waals surface area contributed by atoms with Crippen LogP contribution in [0.3, 0.4) is 0 Å². The molecule has 1 heterocycles. The van der Waals surface area contributed by atoms with E-state index in [-0.39, 0.29) is 0 Å². The highest BCUT2D eigenvalue weighted by Crippen LogP contribution is 2.35. The monoisotopic (exact) mass is 405 g/mol. The third kappa shape index (κ3) is 4.06. The number of hydrogen-bond donors (Lipinski definition) is 0. The van der Waals surface area contributed by atoms with Gasteiger partial charge in [0, 0.05) is 21.1 Å². The minimum atomic E-state index is -4.31. The van der Waals surface area contributed by atoms with Crippen molar-refractivity contribution in [1.29, 1.82) is 0 Å². The Labute approximate surface area is 164 Å². The number of alkyl halides is 3. The Morgan fingerprint density at radius 1 is 1.04 bits per heavy atom. The van der Waals surface area contributed by atoms with E-state index in [4.69, 9.17) is 0 Å². The Hall–Kier alpha value is -1.79. The van der Waals surface area contributed by atoms with Crippen LogP contribution in [0, 0.1) is 6.92 Å². The molecule has 27 heavy (non-hydrogen) atoms. The van der Waals surface area contributed by atoms with E-state index in [0.29, 0.717) is 0 Å². The summed E-state index contributed by atoms with van der Waals surface area (Å²) >= 11 is 3.35. The summed E-state index contributed by atoms with van der Waals surface area (Å²) in [4.78, 5) is 6.99. The van der Waals surface area contributed by atoms with E-state index in [1.807, 2.05) is 6.92 Å². The molecule has 1 aliphatic rings. The minimum Gasteiger partial charge on any atom is -0.241 e. The quantitative estimate of drug-likeness (QED) is 0.437. The van der Waals surface area contributed by atoms with Gasteiger partial charge in [-0.15, -0.1) is 23.1 Å². The number of thioether (sulfide) groups is 1. The van der Waals surface area contributed by atoms with Crippen LogP contribution < -0.4 is 0 Å². The van der Waals surface area contributed by atoms with Crippen molar-refractivity contribution >= 4 is 23.1 Å². The molecule has 1 aromatic heterocycles. The summed E-state index contributed by atoms with van der Waals surface area (Å²) in [6.07, 6.45) is -0.713. The van der Waals surface area contributed by atoms with Gasteiger partial charge in [-0.25, -0.2) is 4.98 Å². The number of aryl methyl sites for hydroxylation is 3. The predicted octanol–water partition coefficient (Wildman–Crippen LogP) is 6.92. The number of aromatic nitrogens is 1. The maximum Gasteiger partial charge on any atom is 0.416 e. The number of halogens is 3. The van der Waals surface area contributed by atoms with Gasteiger partial charge in [0.05, 0.1) is 11.3 Å². The second-order valence-electron chi connectivity index (χ2n) is 6.68. The molecule has 3 aromatic rings. The van der Waals surface area contributed by atoms with Crippen LogP contribution in [0.15, 0.2) is 47.4 Å². The summed E-state index contributed by atoms with van der Waals surface area (Å²) in [7, 11) is 0. The van der Waals surface area contributed by atoms with Crippen LogP contribution in [-0.4, -0.2) is 4.98 Å². The molecule has 6 heteroatoms. The molecule has 140 valence electrons. The molecule has 0 saturated heterocycles. The molecule has 0 fully saturated rings. The Bertz CT molecular complexity index is 959. The largest absolute Gasteiger partial charge is 0.416 e. The van der Waals surface area contributed by atoms with Crippen molar-refractivity contribution in [2.45, 2.75) is 43.0 Å². The number of fused-ring (bicyclic) bond motifs is 1. The molecule has 0 amide bonds. The van der Waals surface area contributed by atoms with Gasteiger partial charge < -0.3 is 0 Å². The van der Waals surface area contributed by atoms with Crippen LogP contribution >= 0.6 is 23.1 Å². The summed E-state index contributed by atoms with van der Waals surface area (Å²) in [5.41, 5.74) is 3.98. The van der Waals surface area contributed by atoms with Crippen molar-refractivity contribution in [2.24, 2.45) is 0 Å². The molecule has 0 atom stereocenters. The van der Waals surface area contributed by atoms with E-state index in [1.54, 1.807) is 23.1 Å². The fourth-order valence-corrected chi connectivity index (χ4v) is 5.45. The van der Waals surface area contributed by atoms with E-state index in [1.165, 1.54) is 47.4 Å². The SMILES string of the molecule is Cc1nc(-c2ccc(C(F)(F)F)cc2)sc1CSc1ccc2c(c1)CCC2. The van der Waals surface area contributed by atoms with Crippen LogP contribution in [0.25, 0.3) is 10.6 Å². The van der Waals surface area contributed by atoms with E-state index < -0.39 is 11.7 Å². The molecule has 0 bridgehead atoms. The molecular formula is C21H18F3NS2. The molecule has 0 spiro atoms. The zero-order chi connectivity index (χ0) is 19.0. The molecule has 2 aromatic carbocycles. The minimum absolute atomic E-state index is 0.632. The first-order valence-corrected chi connectivity index (χ1v) is 10.6. The number of nitrogens with zero attached hydrogens (tertiary/aromatic N) is 1. The molecule has 0 radical (unpaired) electrons. The lowest BCUT2D eigenvalue weighted by molar-refractivity contribution is -0.137. The predicted molar refractivity (Wildman–Crippen MR) is 105 cm³/mol. The third-order valence-electron chi connectivity index (χ3n) is 4.79. The van der Waals surface area contributed by atoms with E-state index in [0.717, 1.165) is 39.0 Å². The van der Waals surface area contributed by atoms with Crippen molar-refractivity contribution in [2.75, 3.05) is 0 Å². The fraction of sp³-hybridized carbons (Fsp3) is 0.286.